The molecule has 0 unspecified atom stereocenters. The Hall–Kier alpha value is -2.13. The Morgan fingerprint density at radius 3 is 2.56 bits per heavy atom. The van der Waals surface area contributed by atoms with Gasteiger partial charge in [0.25, 0.3) is 15.9 Å². The third-order valence-corrected chi connectivity index (χ3v) is 5.51. The average molecular weight is 412 g/mol. The SMILES string of the molecule is Cc1ccc(NC(=O)[C@H]2CNCCO2)cc1S(=O)(=O)Nc1ccccc1.Cl. The van der Waals surface area contributed by atoms with Gasteiger partial charge in [0.15, 0.2) is 0 Å². The molecule has 3 N–H and O–H groups in total. The summed E-state index contributed by atoms with van der Waals surface area (Å²) in [5.74, 6) is -0.305. The Kier molecular flexibility index (Phi) is 7.20. The molecule has 3 rings (SSSR count). The van der Waals surface area contributed by atoms with Gasteiger partial charge in [-0.3, -0.25) is 9.52 Å². The molecule has 0 aromatic heterocycles. The van der Waals surface area contributed by atoms with E-state index in [9.17, 15) is 13.2 Å². The van der Waals surface area contributed by atoms with Crippen molar-refractivity contribution in [3.63, 3.8) is 0 Å². The molecule has 1 aliphatic heterocycles. The first-order chi connectivity index (χ1) is 12.5. The van der Waals surface area contributed by atoms with Crippen molar-refractivity contribution in [2.45, 2.75) is 17.9 Å². The predicted octanol–water partition coefficient (Wildman–Crippen LogP) is 2.14. The van der Waals surface area contributed by atoms with Crippen molar-refractivity contribution in [3.05, 3.63) is 54.1 Å². The number of rotatable bonds is 5. The minimum absolute atomic E-state index is 0. The summed E-state index contributed by atoms with van der Waals surface area (Å²) < 4.78 is 33.4. The second-order valence-corrected chi connectivity index (χ2v) is 7.66. The smallest absolute Gasteiger partial charge is 0.262 e. The Bertz CT molecular complexity index is 885. The van der Waals surface area contributed by atoms with Crippen molar-refractivity contribution in [2.24, 2.45) is 0 Å². The molecule has 1 aliphatic rings. The van der Waals surface area contributed by atoms with Crippen LogP contribution >= 0.6 is 12.4 Å². The highest BCUT2D eigenvalue weighted by molar-refractivity contribution is 7.92. The van der Waals surface area contributed by atoms with E-state index in [0.717, 1.165) is 0 Å². The number of hydrogen-bond donors (Lipinski definition) is 3. The third-order valence-electron chi connectivity index (χ3n) is 3.99. The van der Waals surface area contributed by atoms with Gasteiger partial charge in [0.1, 0.15) is 6.10 Å². The minimum atomic E-state index is -3.77. The van der Waals surface area contributed by atoms with E-state index in [0.29, 0.717) is 36.6 Å². The van der Waals surface area contributed by atoms with Crippen molar-refractivity contribution < 1.29 is 17.9 Å². The van der Waals surface area contributed by atoms with Crippen LogP contribution < -0.4 is 15.4 Å². The predicted molar refractivity (Wildman–Crippen MR) is 107 cm³/mol. The van der Waals surface area contributed by atoms with Crippen molar-refractivity contribution in [2.75, 3.05) is 29.7 Å². The van der Waals surface area contributed by atoms with Gasteiger partial charge in [-0.05, 0) is 36.8 Å². The Balaban J connectivity index is 0.00000261. The van der Waals surface area contributed by atoms with Gasteiger partial charge in [-0.15, -0.1) is 12.4 Å². The zero-order valence-electron chi connectivity index (χ0n) is 14.8. The lowest BCUT2D eigenvalue weighted by Gasteiger charge is -2.23. The van der Waals surface area contributed by atoms with Crippen LogP contribution in [0.2, 0.25) is 0 Å². The van der Waals surface area contributed by atoms with Gasteiger partial charge in [-0.2, -0.15) is 0 Å². The van der Waals surface area contributed by atoms with Gasteiger partial charge >= 0.3 is 0 Å². The van der Waals surface area contributed by atoms with Gasteiger partial charge in [-0.25, -0.2) is 8.42 Å². The van der Waals surface area contributed by atoms with E-state index in [1.54, 1.807) is 49.4 Å². The highest BCUT2D eigenvalue weighted by Gasteiger charge is 2.23. The Morgan fingerprint density at radius 1 is 1.15 bits per heavy atom. The topological polar surface area (TPSA) is 96.5 Å². The standard InChI is InChI=1S/C18H21N3O4S.ClH/c1-13-7-8-15(20-18(22)16-12-19-9-10-25-16)11-17(13)26(23,24)21-14-5-3-2-4-6-14;/h2-8,11,16,19,21H,9-10,12H2,1H3,(H,20,22);1H/t16-;/m1./s1. The van der Waals surface area contributed by atoms with Gasteiger partial charge in [0.05, 0.1) is 11.5 Å². The molecule has 146 valence electrons. The molecule has 1 saturated heterocycles. The van der Waals surface area contributed by atoms with E-state index in [1.165, 1.54) is 6.07 Å². The fraction of sp³-hybridized carbons (Fsp3) is 0.278. The molecule has 2 aromatic carbocycles. The van der Waals surface area contributed by atoms with Crippen LogP contribution in [0.3, 0.4) is 0 Å². The molecule has 0 bridgehead atoms. The van der Waals surface area contributed by atoms with E-state index in [-0.39, 0.29) is 23.2 Å². The van der Waals surface area contributed by atoms with Crippen LogP contribution in [0.25, 0.3) is 0 Å². The van der Waals surface area contributed by atoms with Gasteiger partial charge in [0, 0.05) is 24.5 Å². The van der Waals surface area contributed by atoms with Crippen molar-refractivity contribution >= 4 is 39.7 Å². The summed E-state index contributed by atoms with van der Waals surface area (Å²) in [4.78, 5) is 12.4. The number of morpholine rings is 1. The van der Waals surface area contributed by atoms with Crippen LogP contribution in [0.5, 0.6) is 0 Å². The van der Waals surface area contributed by atoms with Crippen LogP contribution in [0.15, 0.2) is 53.4 Å². The minimum Gasteiger partial charge on any atom is -0.366 e. The molecule has 2 aromatic rings. The zero-order chi connectivity index (χ0) is 18.6. The van der Waals surface area contributed by atoms with Crippen LogP contribution in [0.4, 0.5) is 11.4 Å². The van der Waals surface area contributed by atoms with E-state index < -0.39 is 16.1 Å². The number of carbonyl (C=O) groups excluding carboxylic acids is 1. The maximum atomic E-state index is 12.7. The molecule has 1 atom stereocenters. The Morgan fingerprint density at radius 2 is 1.89 bits per heavy atom. The van der Waals surface area contributed by atoms with E-state index in [4.69, 9.17) is 4.74 Å². The maximum Gasteiger partial charge on any atom is 0.262 e. The second kappa shape index (κ2) is 9.18. The summed E-state index contributed by atoms with van der Waals surface area (Å²) in [6.45, 7) is 3.31. The summed E-state index contributed by atoms with van der Waals surface area (Å²) in [6, 6.07) is 13.4. The average Bonchev–Trinajstić information content (AvgIpc) is 2.64. The number of amides is 1. The first kappa shape index (κ1) is 21.2. The maximum absolute atomic E-state index is 12.7. The molecule has 1 fully saturated rings. The number of sulfonamides is 1. The molecule has 0 spiro atoms. The van der Waals surface area contributed by atoms with Crippen LogP contribution in [-0.4, -0.2) is 40.1 Å². The largest absolute Gasteiger partial charge is 0.366 e. The fourth-order valence-corrected chi connectivity index (χ4v) is 3.97. The summed E-state index contributed by atoms with van der Waals surface area (Å²) in [7, 11) is -3.77. The Labute approximate surface area is 165 Å². The lowest BCUT2D eigenvalue weighted by atomic mass is 10.2. The van der Waals surface area contributed by atoms with Gasteiger partial charge in [-0.1, -0.05) is 24.3 Å². The molecule has 27 heavy (non-hydrogen) atoms. The summed E-state index contributed by atoms with van der Waals surface area (Å²) in [5, 5.41) is 5.80. The number of anilines is 2. The van der Waals surface area contributed by atoms with E-state index in [2.05, 4.69) is 15.4 Å². The fourth-order valence-electron chi connectivity index (χ4n) is 2.64. The third kappa shape index (κ3) is 5.43. The highest BCUT2D eigenvalue weighted by Crippen LogP contribution is 2.23. The highest BCUT2D eigenvalue weighted by atomic mass is 35.5. The number of benzene rings is 2. The number of hydrogen-bond acceptors (Lipinski definition) is 5. The van der Waals surface area contributed by atoms with Crippen LogP contribution in [0, 0.1) is 6.92 Å². The van der Waals surface area contributed by atoms with E-state index in [1.807, 2.05) is 0 Å². The monoisotopic (exact) mass is 411 g/mol. The summed E-state index contributed by atoms with van der Waals surface area (Å²) in [6.07, 6.45) is -0.590. The molecule has 9 heteroatoms. The molecule has 7 nitrogen and oxygen atoms in total. The van der Waals surface area contributed by atoms with E-state index >= 15 is 0 Å². The molecular weight excluding hydrogens is 390 g/mol. The molecular formula is C18H22ClN3O4S. The summed E-state index contributed by atoms with van der Waals surface area (Å²) >= 11 is 0. The summed E-state index contributed by atoms with van der Waals surface area (Å²) in [5.41, 5.74) is 1.47. The first-order valence-electron chi connectivity index (χ1n) is 8.27. The lowest BCUT2D eigenvalue weighted by Crippen LogP contribution is -2.45. The number of carbonyl (C=O) groups is 1. The van der Waals surface area contributed by atoms with Gasteiger partial charge in [0.2, 0.25) is 0 Å². The molecule has 0 aliphatic carbocycles. The first-order valence-corrected chi connectivity index (χ1v) is 9.76. The number of ether oxygens (including phenoxy) is 1. The van der Waals surface area contributed by atoms with Crippen LogP contribution in [0.1, 0.15) is 5.56 Å². The lowest BCUT2D eigenvalue weighted by molar-refractivity contribution is -0.128. The number of aryl methyl sites for hydroxylation is 1. The number of para-hydroxylation sites is 1. The molecule has 0 radical (unpaired) electrons. The van der Waals surface area contributed by atoms with Crippen molar-refractivity contribution in [3.8, 4) is 0 Å². The van der Waals surface area contributed by atoms with Crippen molar-refractivity contribution in [1.29, 1.82) is 0 Å². The van der Waals surface area contributed by atoms with Gasteiger partial charge < -0.3 is 15.4 Å². The normalized spacial score (nSPS) is 16.9. The number of nitrogens with one attached hydrogen (secondary N) is 3. The molecule has 1 amide bonds. The number of halogens is 1. The quantitative estimate of drug-likeness (QED) is 0.700. The second-order valence-electron chi connectivity index (χ2n) is 6.00. The van der Waals surface area contributed by atoms with Crippen molar-refractivity contribution in [1.82, 2.24) is 5.32 Å². The zero-order valence-corrected chi connectivity index (χ0v) is 16.4. The van der Waals surface area contributed by atoms with Crippen LogP contribution in [-0.2, 0) is 19.6 Å². The molecule has 0 saturated carbocycles. The molecule has 1 heterocycles.